The van der Waals surface area contributed by atoms with Crippen LogP contribution < -0.4 is 4.74 Å². The number of methoxy groups -OCH3 is 1. The molecule has 0 N–H and O–H groups in total. The molecule has 0 aliphatic heterocycles. The van der Waals surface area contributed by atoms with Gasteiger partial charge in [-0.25, -0.2) is 0 Å². The second-order valence-electron chi connectivity index (χ2n) is 4.78. The number of rotatable bonds is 5. The molecule has 0 fully saturated rings. The minimum atomic E-state index is 0.0672. The van der Waals surface area contributed by atoms with Gasteiger partial charge in [-0.15, -0.1) is 0 Å². The van der Waals surface area contributed by atoms with E-state index >= 15 is 0 Å². The van der Waals surface area contributed by atoms with Crippen LogP contribution >= 0.6 is 15.9 Å². The summed E-state index contributed by atoms with van der Waals surface area (Å²) < 4.78 is 5.38. The predicted octanol–water partition coefficient (Wildman–Crippen LogP) is 3.72. The first-order valence-corrected chi connectivity index (χ1v) is 7.60. The molecule has 0 bridgehead atoms. The largest absolute Gasteiger partial charge is 0.496 e. The fourth-order valence-corrected chi connectivity index (χ4v) is 3.56. The zero-order chi connectivity index (χ0) is 13.1. The van der Waals surface area contributed by atoms with Crippen LogP contribution in [0.1, 0.15) is 36.8 Å². The van der Waals surface area contributed by atoms with Gasteiger partial charge in [0.15, 0.2) is 0 Å². The van der Waals surface area contributed by atoms with Crippen LogP contribution in [0.5, 0.6) is 5.75 Å². The molecule has 18 heavy (non-hydrogen) atoms. The van der Waals surface area contributed by atoms with Gasteiger partial charge in [0.1, 0.15) is 11.5 Å². The summed E-state index contributed by atoms with van der Waals surface area (Å²) in [4.78, 5) is 12.5. The lowest BCUT2D eigenvalue weighted by molar-refractivity contribution is -0.123. The number of alkyl halides is 1. The number of Topliss-reactive ketones (excluding diaryl/α,β-unsaturated/α-hetero) is 1. The minimum absolute atomic E-state index is 0.0672. The average molecular weight is 311 g/mol. The molecule has 2 rings (SSSR count). The number of hydrogen-bond donors (Lipinski definition) is 0. The number of halogens is 1. The lowest BCUT2D eigenvalue weighted by atomic mass is 9.88. The van der Waals surface area contributed by atoms with Gasteiger partial charge in [-0.1, -0.05) is 35.0 Å². The number of ether oxygens (including phenoxy) is 1. The lowest BCUT2D eigenvalue weighted by Crippen LogP contribution is -2.21. The molecule has 0 saturated carbocycles. The van der Waals surface area contributed by atoms with Crippen LogP contribution in [0.2, 0.25) is 0 Å². The first-order chi connectivity index (χ1) is 8.72. The van der Waals surface area contributed by atoms with E-state index in [-0.39, 0.29) is 11.8 Å². The van der Waals surface area contributed by atoms with E-state index in [1.54, 1.807) is 7.11 Å². The second-order valence-corrected chi connectivity index (χ2v) is 5.43. The van der Waals surface area contributed by atoms with Gasteiger partial charge in [0.05, 0.1) is 7.11 Å². The molecular weight excluding hydrogens is 292 g/mol. The quantitative estimate of drug-likeness (QED) is 0.775. The maximum absolute atomic E-state index is 12.5. The van der Waals surface area contributed by atoms with Gasteiger partial charge in [0.25, 0.3) is 0 Å². The zero-order valence-electron chi connectivity index (χ0n) is 10.9. The van der Waals surface area contributed by atoms with Crippen molar-refractivity contribution in [2.24, 2.45) is 5.92 Å². The molecule has 2 atom stereocenters. The number of ketones is 1. The molecule has 0 amide bonds. The highest BCUT2D eigenvalue weighted by Gasteiger charge is 2.33. The Balaban J connectivity index is 2.29. The van der Waals surface area contributed by atoms with Crippen molar-refractivity contribution in [1.29, 1.82) is 0 Å². The first-order valence-electron chi connectivity index (χ1n) is 6.48. The summed E-state index contributed by atoms with van der Waals surface area (Å²) in [6, 6.07) is 6.04. The Kier molecular flexibility index (Phi) is 4.44. The van der Waals surface area contributed by atoms with Gasteiger partial charge in [0, 0.05) is 17.2 Å². The monoisotopic (exact) mass is 310 g/mol. The average Bonchev–Trinajstić information content (AvgIpc) is 2.83. The highest BCUT2D eigenvalue weighted by atomic mass is 79.9. The van der Waals surface area contributed by atoms with Crippen molar-refractivity contribution in [2.75, 3.05) is 12.4 Å². The smallest absolute Gasteiger partial charge is 0.144 e. The van der Waals surface area contributed by atoms with E-state index < -0.39 is 0 Å². The molecule has 1 aromatic carbocycles. The standard InChI is InChI=1S/C15H19BrO2/c1-3-10(9-16)15(17)13-8-7-12-11(13)5-4-6-14(12)18-2/h4-6,10,13H,3,7-9H2,1-2H3. The number of carbonyl (C=O) groups is 1. The van der Waals surface area contributed by atoms with Gasteiger partial charge in [-0.05, 0) is 36.5 Å². The Bertz CT molecular complexity index is 438. The van der Waals surface area contributed by atoms with Crippen molar-refractivity contribution in [3.63, 3.8) is 0 Å². The third-order valence-electron chi connectivity index (χ3n) is 3.87. The normalized spacial score (nSPS) is 19.4. The van der Waals surface area contributed by atoms with Gasteiger partial charge < -0.3 is 4.74 Å². The topological polar surface area (TPSA) is 26.3 Å². The Labute approximate surface area is 117 Å². The van der Waals surface area contributed by atoms with Gasteiger partial charge in [-0.3, -0.25) is 4.79 Å². The molecule has 0 spiro atoms. The Hall–Kier alpha value is -0.830. The molecule has 2 nitrogen and oxygen atoms in total. The highest BCUT2D eigenvalue weighted by Crippen LogP contribution is 2.40. The third-order valence-corrected chi connectivity index (χ3v) is 4.65. The summed E-state index contributed by atoms with van der Waals surface area (Å²) >= 11 is 3.45. The summed E-state index contributed by atoms with van der Waals surface area (Å²) in [5.74, 6) is 1.50. The molecule has 2 unspecified atom stereocenters. The van der Waals surface area contributed by atoms with Gasteiger partial charge in [-0.2, -0.15) is 0 Å². The molecule has 0 radical (unpaired) electrons. The van der Waals surface area contributed by atoms with E-state index in [1.807, 2.05) is 12.1 Å². The van der Waals surface area contributed by atoms with Crippen LogP contribution in [0.3, 0.4) is 0 Å². The summed E-state index contributed by atoms with van der Waals surface area (Å²) in [6.07, 6.45) is 2.78. The summed E-state index contributed by atoms with van der Waals surface area (Å²) in [5, 5.41) is 0.762. The van der Waals surface area contributed by atoms with Crippen LogP contribution in [0.4, 0.5) is 0 Å². The predicted molar refractivity (Wildman–Crippen MR) is 76.6 cm³/mol. The fraction of sp³-hybridized carbons (Fsp3) is 0.533. The van der Waals surface area contributed by atoms with Crippen LogP contribution in [0, 0.1) is 5.92 Å². The Morgan fingerprint density at radius 2 is 2.33 bits per heavy atom. The van der Waals surface area contributed by atoms with Crippen molar-refractivity contribution in [3.8, 4) is 5.75 Å². The SMILES string of the molecule is CCC(CBr)C(=O)C1CCc2c(OC)cccc21. The minimum Gasteiger partial charge on any atom is -0.496 e. The highest BCUT2D eigenvalue weighted by molar-refractivity contribution is 9.09. The van der Waals surface area contributed by atoms with E-state index in [4.69, 9.17) is 4.74 Å². The lowest BCUT2D eigenvalue weighted by Gasteiger charge is -2.17. The van der Waals surface area contributed by atoms with E-state index in [0.29, 0.717) is 5.78 Å². The number of fused-ring (bicyclic) bond motifs is 1. The van der Waals surface area contributed by atoms with E-state index in [0.717, 1.165) is 30.3 Å². The van der Waals surface area contributed by atoms with Crippen LogP contribution in [-0.4, -0.2) is 18.2 Å². The third kappa shape index (κ3) is 2.33. The number of hydrogen-bond acceptors (Lipinski definition) is 2. The Morgan fingerprint density at radius 3 is 2.94 bits per heavy atom. The van der Waals surface area contributed by atoms with Crippen molar-refractivity contribution in [2.45, 2.75) is 32.1 Å². The summed E-state index contributed by atoms with van der Waals surface area (Å²) in [6.45, 7) is 2.07. The maximum Gasteiger partial charge on any atom is 0.144 e. The number of carbonyl (C=O) groups excluding carboxylic acids is 1. The van der Waals surface area contributed by atoms with Crippen LogP contribution in [0.15, 0.2) is 18.2 Å². The van der Waals surface area contributed by atoms with E-state index in [1.165, 1.54) is 11.1 Å². The molecule has 1 aliphatic carbocycles. The zero-order valence-corrected chi connectivity index (χ0v) is 12.5. The van der Waals surface area contributed by atoms with Crippen LogP contribution in [0.25, 0.3) is 0 Å². The van der Waals surface area contributed by atoms with Gasteiger partial charge >= 0.3 is 0 Å². The number of benzene rings is 1. The van der Waals surface area contributed by atoms with Crippen molar-refractivity contribution in [1.82, 2.24) is 0 Å². The van der Waals surface area contributed by atoms with Gasteiger partial charge in [0.2, 0.25) is 0 Å². The van der Waals surface area contributed by atoms with Crippen LogP contribution in [-0.2, 0) is 11.2 Å². The Morgan fingerprint density at radius 1 is 1.56 bits per heavy atom. The molecule has 98 valence electrons. The molecule has 3 heteroatoms. The van der Waals surface area contributed by atoms with Crippen molar-refractivity contribution in [3.05, 3.63) is 29.3 Å². The molecule has 1 aromatic rings. The molecule has 0 heterocycles. The van der Waals surface area contributed by atoms with Crippen molar-refractivity contribution >= 4 is 21.7 Å². The second kappa shape index (κ2) is 5.87. The summed E-state index contributed by atoms with van der Waals surface area (Å²) in [5.41, 5.74) is 2.40. The maximum atomic E-state index is 12.5. The molecule has 1 aliphatic rings. The molecular formula is C15H19BrO2. The summed E-state index contributed by atoms with van der Waals surface area (Å²) in [7, 11) is 1.69. The van der Waals surface area contributed by atoms with Crippen molar-refractivity contribution < 1.29 is 9.53 Å². The van der Waals surface area contributed by atoms with E-state index in [9.17, 15) is 4.79 Å². The first kappa shape index (κ1) is 13.6. The molecule has 0 saturated heterocycles. The van der Waals surface area contributed by atoms with E-state index in [2.05, 4.69) is 28.9 Å². The fourth-order valence-electron chi connectivity index (χ4n) is 2.78. The molecule has 0 aromatic heterocycles.